The van der Waals surface area contributed by atoms with E-state index in [0.29, 0.717) is 12.8 Å². The molecule has 1 spiro atoms. The standard InChI is InChI=1S/C23H26O6.CH4O/c1-3-14-4-6-15(7-5-14)8-16-9-18-17(10-20(16)27-2)11-23(18)12-19(25)22(26)21(13-24)28-29-23;1-2/h4-7,9-10,19,21,24-25H,3,8,11-13H2,1-2H3;2H,1H3. The SMILES string of the molecule is CCc1ccc(Cc2cc3c(cc2OC)CC32CC(O)C(=O)C(CO)OO2)cc1.CO. The number of carbonyl (C=O) groups excluding carboxylic acids is 1. The largest absolute Gasteiger partial charge is 0.496 e. The molecule has 2 aromatic rings. The third-order valence-electron chi connectivity index (χ3n) is 5.96. The molecular formula is C24H30O7. The Morgan fingerprint density at radius 1 is 1.16 bits per heavy atom. The summed E-state index contributed by atoms with van der Waals surface area (Å²) in [6.07, 6.45) is -0.104. The van der Waals surface area contributed by atoms with E-state index in [1.54, 1.807) is 7.11 Å². The van der Waals surface area contributed by atoms with Gasteiger partial charge in [-0.3, -0.25) is 4.79 Å². The van der Waals surface area contributed by atoms with E-state index in [4.69, 9.17) is 19.6 Å². The first-order chi connectivity index (χ1) is 15.0. The molecule has 2 aliphatic rings. The van der Waals surface area contributed by atoms with Crippen molar-refractivity contribution in [1.29, 1.82) is 0 Å². The van der Waals surface area contributed by atoms with E-state index in [0.717, 1.165) is 36.0 Å². The molecule has 1 aliphatic heterocycles. The number of methoxy groups -OCH3 is 1. The van der Waals surface area contributed by atoms with Gasteiger partial charge in [0.25, 0.3) is 0 Å². The van der Waals surface area contributed by atoms with Gasteiger partial charge in [-0.05, 0) is 46.4 Å². The van der Waals surface area contributed by atoms with Crippen LogP contribution in [0, 0.1) is 0 Å². The number of fused-ring (bicyclic) bond motifs is 2. The Balaban J connectivity index is 0.00000132. The maximum Gasteiger partial charge on any atom is 0.195 e. The zero-order valence-electron chi connectivity index (χ0n) is 18.1. The van der Waals surface area contributed by atoms with Crippen molar-refractivity contribution in [1.82, 2.24) is 0 Å². The summed E-state index contributed by atoms with van der Waals surface area (Å²) in [7, 11) is 2.65. The number of aliphatic hydroxyl groups excluding tert-OH is 3. The van der Waals surface area contributed by atoms with Crippen molar-refractivity contribution in [3.8, 4) is 5.75 Å². The van der Waals surface area contributed by atoms with E-state index in [9.17, 15) is 15.0 Å². The molecule has 3 unspecified atom stereocenters. The average Bonchev–Trinajstić information content (AvgIpc) is 2.93. The first-order valence-corrected chi connectivity index (χ1v) is 10.4. The summed E-state index contributed by atoms with van der Waals surface area (Å²) < 4.78 is 5.60. The lowest BCUT2D eigenvalue weighted by molar-refractivity contribution is -0.386. The minimum atomic E-state index is -1.24. The number of Topliss-reactive ketones (excluding diaryl/α,β-unsaturated/α-hetero) is 1. The van der Waals surface area contributed by atoms with Crippen molar-refractivity contribution in [2.45, 2.75) is 50.4 Å². The second kappa shape index (κ2) is 9.89. The lowest BCUT2D eigenvalue weighted by atomic mass is 9.69. The molecular weight excluding hydrogens is 400 g/mol. The van der Waals surface area contributed by atoms with Crippen LogP contribution in [0.5, 0.6) is 5.75 Å². The summed E-state index contributed by atoms with van der Waals surface area (Å²) in [4.78, 5) is 23.0. The average molecular weight is 430 g/mol. The molecule has 0 amide bonds. The van der Waals surface area contributed by atoms with Crippen molar-refractivity contribution in [3.05, 3.63) is 64.2 Å². The molecule has 1 saturated heterocycles. The fraction of sp³-hybridized carbons (Fsp3) is 0.458. The van der Waals surface area contributed by atoms with Gasteiger partial charge in [-0.15, -0.1) is 0 Å². The monoisotopic (exact) mass is 430 g/mol. The predicted octanol–water partition coefficient (Wildman–Crippen LogP) is 1.85. The number of hydrogen-bond acceptors (Lipinski definition) is 7. The number of ether oxygens (including phenoxy) is 1. The van der Waals surface area contributed by atoms with Gasteiger partial charge in [0, 0.05) is 26.4 Å². The van der Waals surface area contributed by atoms with Crippen LogP contribution >= 0.6 is 0 Å². The lowest BCUT2D eigenvalue weighted by Gasteiger charge is -2.42. The minimum Gasteiger partial charge on any atom is -0.496 e. The maximum atomic E-state index is 12.1. The van der Waals surface area contributed by atoms with Crippen LogP contribution in [0.2, 0.25) is 0 Å². The number of hydrogen-bond donors (Lipinski definition) is 3. The molecule has 2 aromatic carbocycles. The Kier molecular flexibility index (Phi) is 7.46. The van der Waals surface area contributed by atoms with Crippen molar-refractivity contribution < 1.29 is 34.6 Å². The molecule has 4 rings (SSSR count). The Hall–Kier alpha value is -2.29. The highest BCUT2D eigenvalue weighted by Gasteiger charge is 2.51. The Morgan fingerprint density at radius 2 is 1.84 bits per heavy atom. The van der Waals surface area contributed by atoms with Crippen LogP contribution in [0.4, 0.5) is 0 Å². The third kappa shape index (κ3) is 4.51. The van der Waals surface area contributed by atoms with E-state index in [1.165, 1.54) is 11.1 Å². The molecule has 0 radical (unpaired) electrons. The van der Waals surface area contributed by atoms with E-state index < -0.39 is 30.2 Å². The van der Waals surface area contributed by atoms with Crippen LogP contribution in [-0.4, -0.2) is 54.1 Å². The fourth-order valence-electron chi connectivity index (χ4n) is 4.21. The first kappa shape index (κ1) is 23.4. The number of aliphatic hydroxyl groups is 3. The highest BCUT2D eigenvalue weighted by atomic mass is 17.2. The van der Waals surface area contributed by atoms with Gasteiger partial charge in [0.2, 0.25) is 0 Å². The molecule has 0 bridgehead atoms. The van der Waals surface area contributed by atoms with E-state index in [1.807, 2.05) is 12.1 Å². The number of rotatable bonds is 5. The smallest absolute Gasteiger partial charge is 0.195 e. The van der Waals surface area contributed by atoms with Crippen LogP contribution in [0.3, 0.4) is 0 Å². The van der Waals surface area contributed by atoms with Gasteiger partial charge in [-0.1, -0.05) is 31.2 Å². The summed E-state index contributed by atoms with van der Waals surface area (Å²) >= 11 is 0. The topological polar surface area (TPSA) is 105 Å². The molecule has 3 N–H and O–H groups in total. The van der Waals surface area contributed by atoms with Gasteiger partial charge < -0.3 is 20.1 Å². The van der Waals surface area contributed by atoms with Gasteiger partial charge >= 0.3 is 0 Å². The zero-order valence-corrected chi connectivity index (χ0v) is 18.1. The number of ketones is 1. The molecule has 1 fully saturated rings. The summed E-state index contributed by atoms with van der Waals surface area (Å²) in [5.74, 6) is 0.250. The Labute approximate surface area is 182 Å². The molecule has 3 atom stereocenters. The maximum absolute atomic E-state index is 12.1. The number of carbonyl (C=O) groups is 1. The van der Waals surface area contributed by atoms with Gasteiger partial charge in [-0.2, -0.15) is 0 Å². The minimum absolute atomic E-state index is 0.103. The van der Waals surface area contributed by atoms with E-state index >= 15 is 0 Å². The quantitative estimate of drug-likeness (QED) is 0.622. The first-order valence-electron chi connectivity index (χ1n) is 10.4. The molecule has 0 saturated carbocycles. The fourth-order valence-corrected chi connectivity index (χ4v) is 4.21. The van der Waals surface area contributed by atoms with Crippen molar-refractivity contribution in [2.75, 3.05) is 20.8 Å². The van der Waals surface area contributed by atoms with Crippen molar-refractivity contribution >= 4 is 5.78 Å². The zero-order chi connectivity index (χ0) is 22.6. The summed E-state index contributed by atoms with van der Waals surface area (Å²) in [6.45, 7) is 1.60. The molecule has 7 nitrogen and oxygen atoms in total. The predicted molar refractivity (Wildman–Crippen MR) is 114 cm³/mol. The Morgan fingerprint density at radius 3 is 2.45 bits per heavy atom. The second-order valence-electron chi connectivity index (χ2n) is 7.81. The van der Waals surface area contributed by atoms with Crippen LogP contribution in [0.15, 0.2) is 36.4 Å². The number of aryl methyl sites for hydroxylation is 1. The van der Waals surface area contributed by atoms with Crippen LogP contribution in [0.25, 0.3) is 0 Å². The van der Waals surface area contributed by atoms with Crippen molar-refractivity contribution in [2.24, 2.45) is 0 Å². The molecule has 31 heavy (non-hydrogen) atoms. The van der Waals surface area contributed by atoms with Crippen LogP contribution in [0.1, 0.15) is 41.2 Å². The molecule has 1 aliphatic carbocycles. The van der Waals surface area contributed by atoms with Gasteiger partial charge in [0.15, 0.2) is 11.9 Å². The normalized spacial score (nSPS) is 24.5. The second-order valence-corrected chi connectivity index (χ2v) is 7.81. The third-order valence-corrected chi connectivity index (χ3v) is 5.96. The van der Waals surface area contributed by atoms with Gasteiger partial charge in [0.1, 0.15) is 17.5 Å². The Bertz CT molecular complexity index is 909. The highest BCUT2D eigenvalue weighted by molar-refractivity contribution is 5.87. The van der Waals surface area contributed by atoms with Gasteiger partial charge in [0.05, 0.1) is 13.7 Å². The lowest BCUT2D eigenvalue weighted by Crippen LogP contribution is -2.43. The van der Waals surface area contributed by atoms with Crippen LogP contribution < -0.4 is 4.74 Å². The summed E-state index contributed by atoms with van der Waals surface area (Å²) in [6, 6.07) is 12.5. The molecule has 0 aromatic heterocycles. The van der Waals surface area contributed by atoms with Crippen LogP contribution in [-0.2, 0) is 39.4 Å². The summed E-state index contributed by atoms with van der Waals surface area (Å²) in [5, 5.41) is 26.6. The molecule has 168 valence electrons. The number of benzene rings is 2. The van der Waals surface area contributed by atoms with Crippen molar-refractivity contribution in [3.63, 3.8) is 0 Å². The van der Waals surface area contributed by atoms with E-state index in [-0.39, 0.29) is 6.42 Å². The summed E-state index contributed by atoms with van der Waals surface area (Å²) in [5.41, 5.74) is 4.50. The van der Waals surface area contributed by atoms with E-state index in [2.05, 4.69) is 31.2 Å². The molecule has 7 heteroatoms. The highest BCUT2D eigenvalue weighted by Crippen LogP contribution is 2.49. The van der Waals surface area contributed by atoms with Gasteiger partial charge in [-0.25, -0.2) is 9.78 Å². The molecule has 1 heterocycles.